The molecule has 2 aliphatic rings. The number of rotatable bonds is 3. The van der Waals surface area contributed by atoms with Gasteiger partial charge >= 0.3 is 225 Å². The van der Waals surface area contributed by atoms with Gasteiger partial charge in [0, 0.05) is 0 Å². The molecule has 0 aliphatic carbocycles. The predicted molar refractivity (Wildman–Crippen MR) is 141 cm³/mol. The standard InChI is InChI=1S/C28H34N2O6Se/c1-26(2,3)35-24(32)29-20-16-12-11-15-19(20)28(37-18-13-9-8-10-14-18)17-21(22(31)34-7)30(23(28)29)25(33)36-27(4,5)6/h8-16,21,23H,17H2,1-7H3/t21-,23?,28+/m0/s1. The predicted octanol–water partition coefficient (Wildman–Crippen LogP) is 4.18. The van der Waals surface area contributed by atoms with Gasteiger partial charge in [0.2, 0.25) is 0 Å². The maximum absolute atomic E-state index is 13.8. The van der Waals surface area contributed by atoms with Gasteiger partial charge in [-0.1, -0.05) is 0 Å². The first-order valence-corrected chi connectivity index (χ1v) is 13.9. The summed E-state index contributed by atoms with van der Waals surface area (Å²) in [5, 5.41) is 0. The van der Waals surface area contributed by atoms with E-state index in [1.807, 2.05) is 54.6 Å². The summed E-state index contributed by atoms with van der Waals surface area (Å²) in [6, 6.07) is 16.6. The Kier molecular flexibility index (Phi) is 7.08. The van der Waals surface area contributed by atoms with Crippen LogP contribution in [-0.2, 0) is 23.3 Å². The van der Waals surface area contributed by atoms with Crippen LogP contribution in [0, 0.1) is 0 Å². The number of para-hydroxylation sites is 1. The van der Waals surface area contributed by atoms with E-state index in [1.54, 1.807) is 41.5 Å². The van der Waals surface area contributed by atoms with Crippen molar-refractivity contribution >= 4 is 43.3 Å². The monoisotopic (exact) mass is 574 g/mol. The van der Waals surface area contributed by atoms with Crippen molar-refractivity contribution < 1.29 is 28.6 Å². The summed E-state index contributed by atoms with van der Waals surface area (Å²) < 4.78 is 17.1. The number of methoxy groups -OCH3 is 1. The first-order valence-electron chi connectivity index (χ1n) is 12.2. The van der Waals surface area contributed by atoms with Crippen LogP contribution in [0.4, 0.5) is 15.3 Å². The second-order valence-corrected chi connectivity index (χ2v) is 14.1. The van der Waals surface area contributed by atoms with Gasteiger partial charge in [-0.05, 0) is 0 Å². The van der Waals surface area contributed by atoms with Crippen molar-refractivity contribution in [3.8, 4) is 0 Å². The van der Waals surface area contributed by atoms with Gasteiger partial charge in [0.05, 0.1) is 0 Å². The summed E-state index contributed by atoms with van der Waals surface area (Å²) in [5.74, 6) is -0.551. The first-order chi connectivity index (χ1) is 17.3. The Morgan fingerprint density at radius 1 is 0.865 bits per heavy atom. The molecule has 4 rings (SSSR count). The van der Waals surface area contributed by atoms with Crippen molar-refractivity contribution in [3.63, 3.8) is 0 Å². The van der Waals surface area contributed by atoms with Crippen molar-refractivity contribution in [1.82, 2.24) is 4.90 Å². The van der Waals surface area contributed by atoms with Crippen LogP contribution in [0.25, 0.3) is 0 Å². The second kappa shape index (κ2) is 9.69. The molecular weight excluding hydrogens is 539 g/mol. The molecule has 0 bridgehead atoms. The Morgan fingerprint density at radius 3 is 2.03 bits per heavy atom. The average Bonchev–Trinajstić information content (AvgIpc) is 3.26. The van der Waals surface area contributed by atoms with E-state index in [1.165, 1.54) is 16.9 Å². The number of esters is 1. The molecule has 2 aromatic carbocycles. The van der Waals surface area contributed by atoms with Gasteiger partial charge < -0.3 is 0 Å². The summed E-state index contributed by atoms with van der Waals surface area (Å²) in [5.41, 5.74) is -0.0135. The summed E-state index contributed by atoms with van der Waals surface area (Å²) in [7, 11) is 1.30. The van der Waals surface area contributed by atoms with Gasteiger partial charge in [0.1, 0.15) is 0 Å². The third-order valence-corrected chi connectivity index (χ3v) is 9.17. The van der Waals surface area contributed by atoms with Gasteiger partial charge in [0.25, 0.3) is 0 Å². The molecular formula is C28H34N2O6Se. The normalized spacial score (nSPS) is 22.8. The van der Waals surface area contributed by atoms with E-state index in [2.05, 4.69) is 0 Å². The fourth-order valence-electron chi connectivity index (χ4n) is 4.87. The van der Waals surface area contributed by atoms with E-state index in [-0.39, 0.29) is 21.4 Å². The molecule has 1 unspecified atom stereocenters. The molecule has 37 heavy (non-hydrogen) atoms. The molecule has 2 heterocycles. The van der Waals surface area contributed by atoms with Crippen molar-refractivity contribution in [1.29, 1.82) is 0 Å². The number of ether oxygens (including phenoxy) is 3. The number of hydrogen-bond acceptors (Lipinski definition) is 6. The van der Waals surface area contributed by atoms with Crippen LogP contribution in [0.15, 0.2) is 54.6 Å². The topological polar surface area (TPSA) is 85.4 Å². The number of carbonyl (C=O) groups is 3. The van der Waals surface area contributed by atoms with Crippen LogP contribution < -0.4 is 9.36 Å². The molecule has 3 atom stereocenters. The van der Waals surface area contributed by atoms with Crippen LogP contribution in [0.5, 0.6) is 0 Å². The Morgan fingerprint density at radius 2 is 1.43 bits per heavy atom. The van der Waals surface area contributed by atoms with E-state index in [0.717, 1.165) is 10.0 Å². The maximum atomic E-state index is 13.8. The molecule has 0 radical (unpaired) electrons. The van der Waals surface area contributed by atoms with E-state index in [0.29, 0.717) is 5.69 Å². The van der Waals surface area contributed by atoms with E-state index in [9.17, 15) is 14.4 Å². The van der Waals surface area contributed by atoms with Gasteiger partial charge in [-0.2, -0.15) is 0 Å². The molecule has 2 aromatic rings. The fourth-order valence-corrected chi connectivity index (χ4v) is 8.15. The van der Waals surface area contributed by atoms with Crippen molar-refractivity contribution in [2.45, 2.75) is 75.7 Å². The van der Waals surface area contributed by atoms with Crippen LogP contribution >= 0.6 is 0 Å². The SMILES string of the molecule is COC(=O)[C@@H]1C[C@@]2([Se]c3ccccc3)c3ccccc3N(C(=O)OC(C)(C)C)C2N1C(=O)OC(C)(C)C. The zero-order valence-electron chi connectivity index (χ0n) is 22.3. The van der Waals surface area contributed by atoms with E-state index >= 15 is 0 Å². The fraction of sp³-hybridized carbons (Fsp3) is 0.464. The number of hydrogen-bond donors (Lipinski definition) is 0. The summed E-state index contributed by atoms with van der Waals surface area (Å²) in [4.78, 5) is 43.6. The minimum atomic E-state index is -0.936. The molecule has 198 valence electrons. The van der Waals surface area contributed by atoms with Crippen molar-refractivity contribution in [2.24, 2.45) is 0 Å². The zero-order chi connectivity index (χ0) is 27.2. The van der Waals surface area contributed by atoms with Crippen molar-refractivity contribution in [2.75, 3.05) is 12.0 Å². The molecule has 1 saturated heterocycles. The Bertz CT molecular complexity index is 1190. The van der Waals surface area contributed by atoms with Crippen molar-refractivity contribution in [3.05, 3.63) is 60.2 Å². The Labute approximate surface area is 224 Å². The van der Waals surface area contributed by atoms with Gasteiger partial charge in [-0.15, -0.1) is 0 Å². The van der Waals surface area contributed by atoms with Crippen LogP contribution in [0.1, 0.15) is 53.5 Å². The molecule has 0 spiro atoms. The number of anilines is 1. The zero-order valence-corrected chi connectivity index (χ0v) is 24.0. The number of benzene rings is 2. The molecule has 9 heteroatoms. The average molecular weight is 574 g/mol. The number of likely N-dealkylation sites (tertiary alicyclic amines) is 1. The number of amides is 2. The van der Waals surface area contributed by atoms with E-state index < -0.39 is 45.9 Å². The van der Waals surface area contributed by atoms with Gasteiger partial charge in [0.15, 0.2) is 0 Å². The second-order valence-electron chi connectivity index (χ2n) is 11.2. The first kappa shape index (κ1) is 27.0. The number of carbonyl (C=O) groups excluding carboxylic acids is 3. The summed E-state index contributed by atoms with van der Waals surface area (Å²) in [6.07, 6.45) is -1.82. The molecule has 0 saturated carbocycles. The quantitative estimate of drug-likeness (QED) is 0.311. The third-order valence-electron chi connectivity index (χ3n) is 6.09. The Balaban J connectivity index is 1.94. The molecule has 2 amide bonds. The number of nitrogens with zero attached hydrogens (tertiary/aromatic N) is 2. The van der Waals surface area contributed by atoms with Crippen LogP contribution in [0.2, 0.25) is 0 Å². The van der Waals surface area contributed by atoms with Crippen LogP contribution in [0.3, 0.4) is 0 Å². The van der Waals surface area contributed by atoms with Gasteiger partial charge in [-0.3, -0.25) is 0 Å². The minimum absolute atomic E-state index is 0.283. The molecule has 1 fully saturated rings. The molecule has 8 nitrogen and oxygen atoms in total. The molecule has 2 aliphatic heterocycles. The third kappa shape index (κ3) is 5.20. The van der Waals surface area contributed by atoms with Crippen LogP contribution in [-0.4, -0.2) is 68.5 Å². The molecule has 0 N–H and O–H groups in total. The molecule has 0 aromatic heterocycles. The van der Waals surface area contributed by atoms with E-state index in [4.69, 9.17) is 14.2 Å². The summed E-state index contributed by atoms with van der Waals surface area (Å²) >= 11 is -0.283. The summed E-state index contributed by atoms with van der Waals surface area (Å²) in [6.45, 7) is 10.7. The Hall–Kier alpha value is -3.03. The van der Waals surface area contributed by atoms with Gasteiger partial charge in [-0.25, -0.2) is 0 Å². The number of fused-ring (bicyclic) bond motifs is 3.